The summed E-state index contributed by atoms with van der Waals surface area (Å²) in [5, 5.41) is 9.27. The number of carboxylic acid groups (broad SMARTS) is 1. The van der Waals surface area contributed by atoms with E-state index in [1.807, 2.05) is 54.5 Å². The molecule has 1 heterocycles. The van der Waals surface area contributed by atoms with Crippen molar-refractivity contribution in [2.75, 3.05) is 11.9 Å². The first-order valence-electron chi connectivity index (χ1n) is 10.8. The number of nitrogens with zero attached hydrogens (tertiary/aromatic N) is 2. The van der Waals surface area contributed by atoms with E-state index in [-0.39, 0.29) is 17.7 Å². The number of hydrogen-bond donors (Lipinski definition) is 1. The van der Waals surface area contributed by atoms with Gasteiger partial charge < -0.3 is 19.3 Å². The highest BCUT2D eigenvalue weighted by Crippen LogP contribution is 2.27. The number of halogens is 3. The van der Waals surface area contributed by atoms with Crippen molar-refractivity contribution in [1.82, 2.24) is 4.57 Å². The van der Waals surface area contributed by atoms with Crippen LogP contribution in [0, 0.1) is 11.6 Å². The number of anilines is 1. The SMILES string of the molecule is CN(Cn1cccc1Cc1cc(Br)ccc1OCc1ccc(F)cc1F)c1cccc(C(=O)O)c1. The van der Waals surface area contributed by atoms with Gasteiger partial charge in [-0.05, 0) is 60.7 Å². The van der Waals surface area contributed by atoms with E-state index in [0.29, 0.717) is 18.8 Å². The smallest absolute Gasteiger partial charge is 0.335 e. The minimum atomic E-state index is -0.968. The van der Waals surface area contributed by atoms with Gasteiger partial charge in [-0.1, -0.05) is 22.0 Å². The molecule has 0 aliphatic rings. The molecule has 0 atom stereocenters. The maximum Gasteiger partial charge on any atom is 0.335 e. The summed E-state index contributed by atoms with van der Waals surface area (Å²) in [4.78, 5) is 13.3. The molecule has 0 aliphatic heterocycles. The first-order valence-corrected chi connectivity index (χ1v) is 11.6. The third-order valence-corrected chi connectivity index (χ3v) is 6.11. The monoisotopic (exact) mass is 540 g/mol. The lowest BCUT2D eigenvalue weighted by Gasteiger charge is -2.22. The van der Waals surface area contributed by atoms with Crippen LogP contribution in [0.2, 0.25) is 0 Å². The molecule has 4 rings (SSSR count). The van der Waals surface area contributed by atoms with Crippen LogP contribution in [0.25, 0.3) is 0 Å². The number of carbonyl (C=O) groups is 1. The van der Waals surface area contributed by atoms with Gasteiger partial charge in [-0.15, -0.1) is 0 Å². The molecule has 5 nitrogen and oxygen atoms in total. The predicted octanol–water partition coefficient (Wildman–Crippen LogP) is 6.49. The van der Waals surface area contributed by atoms with Gasteiger partial charge in [-0.25, -0.2) is 13.6 Å². The minimum Gasteiger partial charge on any atom is -0.489 e. The molecule has 1 N–H and O–H groups in total. The van der Waals surface area contributed by atoms with E-state index in [1.165, 1.54) is 12.1 Å². The number of benzene rings is 3. The lowest BCUT2D eigenvalue weighted by molar-refractivity contribution is 0.0697. The van der Waals surface area contributed by atoms with Crippen LogP contribution in [0.5, 0.6) is 5.75 Å². The molecule has 0 fully saturated rings. The van der Waals surface area contributed by atoms with Gasteiger partial charge in [0.15, 0.2) is 0 Å². The van der Waals surface area contributed by atoms with Gasteiger partial charge in [0, 0.05) is 52.7 Å². The van der Waals surface area contributed by atoms with E-state index in [4.69, 9.17) is 4.74 Å². The topological polar surface area (TPSA) is 54.7 Å². The molecule has 35 heavy (non-hydrogen) atoms. The standard InChI is InChI=1S/C27H23BrF2N2O3/c1-31(23-5-2-4-18(13-23)27(33)34)17-32-11-3-6-24(32)14-20-12-21(28)8-10-26(20)35-16-19-7-9-22(29)15-25(19)30/h2-13,15H,14,16-17H2,1H3,(H,33,34). The highest BCUT2D eigenvalue weighted by molar-refractivity contribution is 9.10. The Morgan fingerprint density at radius 2 is 1.86 bits per heavy atom. The van der Waals surface area contributed by atoms with Crippen LogP contribution in [0.1, 0.15) is 27.2 Å². The van der Waals surface area contributed by atoms with Crippen molar-refractivity contribution in [1.29, 1.82) is 0 Å². The first kappa shape index (κ1) is 24.5. The van der Waals surface area contributed by atoms with Gasteiger partial charge in [0.25, 0.3) is 0 Å². The summed E-state index contributed by atoms with van der Waals surface area (Å²) in [6, 6.07) is 19.8. The molecule has 3 aromatic carbocycles. The van der Waals surface area contributed by atoms with Gasteiger partial charge >= 0.3 is 5.97 Å². The van der Waals surface area contributed by atoms with Gasteiger partial charge in [-0.2, -0.15) is 0 Å². The molecule has 0 bridgehead atoms. The normalized spacial score (nSPS) is 10.9. The van der Waals surface area contributed by atoms with Crippen LogP contribution in [-0.2, 0) is 19.7 Å². The summed E-state index contributed by atoms with van der Waals surface area (Å²) >= 11 is 3.50. The van der Waals surface area contributed by atoms with Crippen LogP contribution in [0.15, 0.2) is 83.5 Å². The quantitative estimate of drug-likeness (QED) is 0.263. The number of aromatic nitrogens is 1. The fourth-order valence-electron chi connectivity index (χ4n) is 3.75. The minimum absolute atomic E-state index is 0.0234. The fraction of sp³-hybridized carbons (Fsp3) is 0.148. The van der Waals surface area contributed by atoms with E-state index < -0.39 is 17.6 Å². The summed E-state index contributed by atoms with van der Waals surface area (Å²) in [5.41, 5.74) is 3.21. The van der Waals surface area contributed by atoms with Crippen molar-refractivity contribution in [3.8, 4) is 5.75 Å². The van der Waals surface area contributed by atoms with Crippen LogP contribution in [0.3, 0.4) is 0 Å². The zero-order valence-corrected chi connectivity index (χ0v) is 20.5. The van der Waals surface area contributed by atoms with Crippen LogP contribution in [-0.4, -0.2) is 22.7 Å². The van der Waals surface area contributed by atoms with Crippen molar-refractivity contribution < 1.29 is 23.4 Å². The molecule has 0 aliphatic carbocycles. The first-order chi connectivity index (χ1) is 16.8. The average Bonchev–Trinajstić information content (AvgIpc) is 3.26. The van der Waals surface area contributed by atoms with Crippen LogP contribution >= 0.6 is 15.9 Å². The summed E-state index contributed by atoms with van der Waals surface area (Å²) < 4.78 is 36.1. The summed E-state index contributed by atoms with van der Waals surface area (Å²) in [6.45, 7) is 0.487. The van der Waals surface area contributed by atoms with Crippen LogP contribution in [0.4, 0.5) is 14.5 Å². The molecule has 0 saturated heterocycles. The Kier molecular flexibility index (Phi) is 7.51. The Balaban J connectivity index is 1.51. The van der Waals surface area contributed by atoms with Crippen molar-refractivity contribution in [3.05, 3.63) is 117 Å². The molecule has 0 amide bonds. The summed E-state index contributed by atoms with van der Waals surface area (Å²) in [5.74, 6) is -1.64. The molecule has 4 aromatic rings. The Bertz CT molecular complexity index is 1360. The number of ether oxygens (including phenoxy) is 1. The molecule has 0 unspecified atom stereocenters. The Morgan fingerprint density at radius 3 is 2.63 bits per heavy atom. The molecule has 0 spiro atoms. The zero-order chi connectivity index (χ0) is 24.9. The highest BCUT2D eigenvalue weighted by atomic mass is 79.9. The van der Waals surface area contributed by atoms with Crippen molar-refractivity contribution >= 4 is 27.6 Å². The number of carboxylic acids is 1. The number of aromatic carboxylic acids is 1. The maximum absolute atomic E-state index is 14.0. The fourth-order valence-corrected chi connectivity index (χ4v) is 4.16. The highest BCUT2D eigenvalue weighted by Gasteiger charge is 2.13. The largest absolute Gasteiger partial charge is 0.489 e. The molecule has 0 saturated carbocycles. The molecule has 180 valence electrons. The Labute approximate surface area is 210 Å². The second kappa shape index (κ2) is 10.7. The maximum atomic E-state index is 14.0. The zero-order valence-electron chi connectivity index (χ0n) is 18.9. The molecule has 0 radical (unpaired) electrons. The third kappa shape index (κ3) is 6.08. The van der Waals surface area contributed by atoms with E-state index in [1.54, 1.807) is 18.2 Å². The van der Waals surface area contributed by atoms with Crippen molar-refractivity contribution in [2.24, 2.45) is 0 Å². The molecular weight excluding hydrogens is 518 g/mol. The van der Waals surface area contributed by atoms with E-state index in [9.17, 15) is 18.7 Å². The number of rotatable bonds is 9. The molecular formula is C27H23BrF2N2O3. The van der Waals surface area contributed by atoms with E-state index in [0.717, 1.165) is 27.5 Å². The van der Waals surface area contributed by atoms with Crippen molar-refractivity contribution in [3.63, 3.8) is 0 Å². The second-order valence-corrected chi connectivity index (χ2v) is 9.03. The predicted molar refractivity (Wildman–Crippen MR) is 134 cm³/mol. The van der Waals surface area contributed by atoms with Crippen LogP contribution < -0.4 is 9.64 Å². The lowest BCUT2D eigenvalue weighted by Crippen LogP contribution is -2.22. The summed E-state index contributed by atoms with van der Waals surface area (Å²) in [7, 11) is 1.90. The van der Waals surface area contributed by atoms with Gasteiger partial charge in [-0.3, -0.25) is 0 Å². The summed E-state index contributed by atoms with van der Waals surface area (Å²) in [6.07, 6.45) is 2.51. The van der Waals surface area contributed by atoms with Gasteiger partial charge in [0.1, 0.15) is 24.0 Å². The van der Waals surface area contributed by atoms with Gasteiger partial charge in [0.2, 0.25) is 0 Å². The Hall–Kier alpha value is -3.65. The lowest BCUT2D eigenvalue weighted by atomic mass is 10.1. The molecule has 1 aromatic heterocycles. The second-order valence-electron chi connectivity index (χ2n) is 8.12. The Morgan fingerprint density at radius 1 is 1.03 bits per heavy atom. The van der Waals surface area contributed by atoms with Crippen molar-refractivity contribution in [2.45, 2.75) is 19.7 Å². The van der Waals surface area contributed by atoms with E-state index in [2.05, 4.69) is 20.5 Å². The molecule has 8 heteroatoms. The average molecular weight is 541 g/mol. The van der Waals surface area contributed by atoms with Gasteiger partial charge in [0.05, 0.1) is 12.2 Å². The van der Waals surface area contributed by atoms with E-state index >= 15 is 0 Å². The number of hydrogen-bond acceptors (Lipinski definition) is 3. The third-order valence-electron chi connectivity index (χ3n) is 5.61.